The maximum absolute atomic E-state index is 5.57. The van der Waals surface area contributed by atoms with Crippen molar-refractivity contribution in [1.82, 2.24) is 0 Å². The summed E-state index contributed by atoms with van der Waals surface area (Å²) in [6.07, 6.45) is 4.61. The summed E-state index contributed by atoms with van der Waals surface area (Å²) in [5, 5.41) is 0. The number of rotatable bonds is 5. The molecule has 0 bridgehead atoms. The SMILES string of the molecule is COc1cc(C2N=C3CCCCC3=C2c2ccccc2)cc(OC)c1OC. The van der Waals surface area contributed by atoms with Crippen LogP contribution in [0.3, 0.4) is 0 Å². The number of methoxy groups -OCH3 is 3. The molecular weight excluding hydrogens is 338 g/mol. The summed E-state index contributed by atoms with van der Waals surface area (Å²) >= 11 is 0. The minimum Gasteiger partial charge on any atom is -0.493 e. The molecule has 2 aliphatic rings. The highest BCUT2D eigenvalue weighted by atomic mass is 16.5. The van der Waals surface area contributed by atoms with Gasteiger partial charge in [0.2, 0.25) is 5.75 Å². The van der Waals surface area contributed by atoms with Crippen LogP contribution in [0.5, 0.6) is 17.2 Å². The molecule has 0 spiro atoms. The number of hydrogen-bond acceptors (Lipinski definition) is 4. The molecule has 1 aliphatic carbocycles. The van der Waals surface area contributed by atoms with Crippen molar-refractivity contribution in [3.8, 4) is 17.2 Å². The molecule has 1 unspecified atom stereocenters. The first-order valence-corrected chi connectivity index (χ1v) is 9.42. The van der Waals surface area contributed by atoms with E-state index in [9.17, 15) is 0 Å². The van der Waals surface area contributed by atoms with Crippen molar-refractivity contribution in [2.45, 2.75) is 31.7 Å². The molecule has 140 valence electrons. The lowest BCUT2D eigenvalue weighted by atomic mass is 9.85. The predicted molar refractivity (Wildman–Crippen MR) is 108 cm³/mol. The van der Waals surface area contributed by atoms with Crippen molar-refractivity contribution >= 4 is 11.3 Å². The van der Waals surface area contributed by atoms with Crippen molar-refractivity contribution in [3.63, 3.8) is 0 Å². The fraction of sp³-hybridized carbons (Fsp3) is 0.348. The van der Waals surface area contributed by atoms with Crippen LogP contribution in [0.1, 0.15) is 42.9 Å². The first-order chi connectivity index (χ1) is 13.3. The van der Waals surface area contributed by atoms with Gasteiger partial charge in [-0.15, -0.1) is 0 Å². The van der Waals surface area contributed by atoms with Gasteiger partial charge in [0.15, 0.2) is 11.5 Å². The van der Waals surface area contributed by atoms with Crippen LogP contribution in [-0.2, 0) is 0 Å². The molecule has 0 aromatic heterocycles. The molecule has 4 heteroatoms. The number of benzene rings is 2. The molecule has 0 amide bonds. The molecule has 1 aliphatic heterocycles. The Morgan fingerprint density at radius 2 is 1.52 bits per heavy atom. The third-order valence-corrected chi connectivity index (χ3v) is 5.41. The molecule has 1 fully saturated rings. The van der Waals surface area contributed by atoms with E-state index < -0.39 is 0 Å². The maximum atomic E-state index is 5.57. The monoisotopic (exact) mass is 363 g/mol. The third-order valence-electron chi connectivity index (χ3n) is 5.41. The first-order valence-electron chi connectivity index (χ1n) is 9.42. The number of hydrogen-bond donors (Lipinski definition) is 0. The van der Waals surface area contributed by atoms with Crippen molar-refractivity contribution in [2.24, 2.45) is 4.99 Å². The second-order valence-corrected chi connectivity index (χ2v) is 6.90. The summed E-state index contributed by atoms with van der Waals surface area (Å²) in [4.78, 5) is 5.14. The number of aliphatic imine (C=N–C) groups is 1. The first kappa shape index (κ1) is 17.7. The minimum absolute atomic E-state index is 0.0378. The normalized spacial score (nSPS) is 18.8. The third kappa shape index (κ3) is 3.09. The average molecular weight is 363 g/mol. The highest BCUT2D eigenvalue weighted by Crippen LogP contribution is 2.48. The van der Waals surface area contributed by atoms with Crippen LogP contribution >= 0.6 is 0 Å². The van der Waals surface area contributed by atoms with Gasteiger partial charge in [-0.2, -0.15) is 0 Å². The van der Waals surface area contributed by atoms with E-state index in [0.29, 0.717) is 17.2 Å². The molecule has 2 aromatic rings. The van der Waals surface area contributed by atoms with E-state index in [1.807, 2.05) is 12.1 Å². The Morgan fingerprint density at radius 1 is 0.852 bits per heavy atom. The molecule has 0 N–H and O–H groups in total. The van der Waals surface area contributed by atoms with Gasteiger partial charge in [0.1, 0.15) is 6.04 Å². The zero-order valence-corrected chi connectivity index (χ0v) is 16.1. The lowest BCUT2D eigenvalue weighted by Gasteiger charge is -2.19. The van der Waals surface area contributed by atoms with Crippen LogP contribution < -0.4 is 14.2 Å². The van der Waals surface area contributed by atoms with Crippen LogP contribution in [-0.4, -0.2) is 27.0 Å². The summed E-state index contributed by atoms with van der Waals surface area (Å²) in [5.74, 6) is 1.94. The lowest BCUT2D eigenvalue weighted by Crippen LogP contribution is -2.07. The molecule has 27 heavy (non-hydrogen) atoms. The summed E-state index contributed by atoms with van der Waals surface area (Å²) in [7, 11) is 4.93. The fourth-order valence-corrected chi connectivity index (χ4v) is 4.16. The van der Waals surface area contributed by atoms with Crippen LogP contribution in [0, 0.1) is 0 Å². The summed E-state index contributed by atoms with van der Waals surface area (Å²) < 4.78 is 16.6. The van der Waals surface area contributed by atoms with Gasteiger partial charge in [0.25, 0.3) is 0 Å². The zero-order chi connectivity index (χ0) is 18.8. The van der Waals surface area contributed by atoms with Gasteiger partial charge in [-0.3, -0.25) is 4.99 Å². The molecule has 4 nitrogen and oxygen atoms in total. The molecule has 1 atom stereocenters. The molecule has 2 aromatic carbocycles. The number of allylic oxidation sites excluding steroid dienone is 1. The average Bonchev–Trinajstić information content (AvgIpc) is 3.12. The van der Waals surface area contributed by atoms with Crippen LogP contribution in [0.15, 0.2) is 53.0 Å². The van der Waals surface area contributed by atoms with E-state index in [4.69, 9.17) is 19.2 Å². The topological polar surface area (TPSA) is 40.0 Å². The molecule has 4 rings (SSSR count). The van der Waals surface area contributed by atoms with Crippen molar-refractivity contribution in [2.75, 3.05) is 21.3 Å². The quantitative estimate of drug-likeness (QED) is 0.730. The second kappa shape index (κ2) is 7.47. The number of fused-ring (bicyclic) bond motifs is 1. The molecule has 1 heterocycles. The summed E-state index contributed by atoms with van der Waals surface area (Å²) in [6.45, 7) is 0. The second-order valence-electron chi connectivity index (χ2n) is 6.90. The fourth-order valence-electron chi connectivity index (χ4n) is 4.16. The Morgan fingerprint density at radius 3 is 2.15 bits per heavy atom. The highest BCUT2D eigenvalue weighted by Gasteiger charge is 2.32. The molecule has 0 saturated heterocycles. The van der Waals surface area contributed by atoms with Gasteiger partial charge >= 0.3 is 0 Å². The van der Waals surface area contributed by atoms with Crippen molar-refractivity contribution < 1.29 is 14.2 Å². The van der Waals surface area contributed by atoms with Crippen LogP contribution in [0.4, 0.5) is 0 Å². The summed E-state index contributed by atoms with van der Waals surface area (Å²) in [6, 6.07) is 14.6. The Kier molecular flexibility index (Phi) is 4.88. The van der Waals surface area contributed by atoms with Crippen molar-refractivity contribution in [3.05, 3.63) is 59.2 Å². The molecule has 1 saturated carbocycles. The number of ether oxygens (including phenoxy) is 3. The number of nitrogens with zero attached hydrogens (tertiary/aromatic N) is 1. The zero-order valence-electron chi connectivity index (χ0n) is 16.1. The van der Waals surface area contributed by atoms with Gasteiger partial charge in [-0.05, 0) is 60.1 Å². The van der Waals surface area contributed by atoms with E-state index >= 15 is 0 Å². The van der Waals surface area contributed by atoms with E-state index in [1.165, 1.54) is 35.3 Å². The van der Waals surface area contributed by atoms with Crippen molar-refractivity contribution in [1.29, 1.82) is 0 Å². The van der Waals surface area contributed by atoms with Gasteiger partial charge in [0, 0.05) is 5.71 Å². The Bertz CT molecular complexity index is 874. The maximum Gasteiger partial charge on any atom is 0.203 e. The van der Waals surface area contributed by atoms with Gasteiger partial charge < -0.3 is 14.2 Å². The van der Waals surface area contributed by atoms with E-state index in [2.05, 4.69) is 30.3 Å². The van der Waals surface area contributed by atoms with E-state index in [1.54, 1.807) is 21.3 Å². The smallest absolute Gasteiger partial charge is 0.203 e. The van der Waals surface area contributed by atoms with Gasteiger partial charge in [-0.25, -0.2) is 0 Å². The highest BCUT2D eigenvalue weighted by molar-refractivity contribution is 6.11. The molecule has 0 radical (unpaired) electrons. The molecular formula is C23H25NO3. The Balaban J connectivity index is 1.87. The van der Waals surface area contributed by atoms with E-state index in [-0.39, 0.29) is 6.04 Å². The Hall–Kier alpha value is -2.75. The minimum atomic E-state index is -0.0378. The summed E-state index contributed by atoms with van der Waals surface area (Å²) in [5.41, 5.74) is 6.31. The largest absolute Gasteiger partial charge is 0.493 e. The Labute approximate surface area is 160 Å². The van der Waals surface area contributed by atoms with E-state index in [0.717, 1.165) is 18.4 Å². The predicted octanol–water partition coefficient (Wildman–Crippen LogP) is 5.24. The lowest BCUT2D eigenvalue weighted by molar-refractivity contribution is 0.323. The van der Waals surface area contributed by atoms with Crippen LogP contribution in [0.2, 0.25) is 0 Å². The van der Waals surface area contributed by atoms with Gasteiger partial charge in [-0.1, -0.05) is 30.3 Å². The van der Waals surface area contributed by atoms with Crippen LogP contribution in [0.25, 0.3) is 5.57 Å². The standard InChI is InChI=1S/C23H25NO3/c1-25-19-13-16(14-20(26-2)23(19)27-3)22-21(15-9-5-4-6-10-15)17-11-7-8-12-18(17)24-22/h4-6,9-10,13-14,22H,7-8,11-12H2,1-3H3. The van der Waals surface area contributed by atoms with Gasteiger partial charge in [0.05, 0.1) is 21.3 Å².